The molecule has 0 spiro atoms. The molecule has 1 amide bonds. The van der Waals surface area contributed by atoms with Crippen LogP contribution in [-0.4, -0.2) is 33.2 Å². The quantitative estimate of drug-likeness (QED) is 0.872. The van der Waals surface area contributed by atoms with Crippen LogP contribution in [0.15, 0.2) is 18.2 Å². The van der Waals surface area contributed by atoms with E-state index in [1.807, 2.05) is 46.8 Å². The summed E-state index contributed by atoms with van der Waals surface area (Å²) in [4.78, 5) is 12.1. The summed E-state index contributed by atoms with van der Waals surface area (Å²) in [7, 11) is -3.53. The number of benzene rings is 1. The van der Waals surface area contributed by atoms with Gasteiger partial charge < -0.3 is 5.32 Å². The summed E-state index contributed by atoms with van der Waals surface area (Å²) in [5, 5.41) is 2.84. The summed E-state index contributed by atoms with van der Waals surface area (Å²) in [6.07, 6.45) is 1.12. The van der Waals surface area contributed by atoms with E-state index in [4.69, 9.17) is 0 Å². The maximum absolute atomic E-state index is 12.1. The van der Waals surface area contributed by atoms with Gasteiger partial charge in [-0.3, -0.25) is 9.10 Å². The first-order chi connectivity index (χ1) is 10.0. The number of rotatable bonds is 6. The number of aryl methyl sites for hydroxylation is 2. The average molecular weight is 326 g/mol. The number of carbonyl (C=O) groups excluding carboxylic acids is 1. The minimum atomic E-state index is -3.53. The monoisotopic (exact) mass is 326 g/mol. The highest BCUT2D eigenvalue weighted by atomic mass is 32.2. The van der Waals surface area contributed by atoms with E-state index in [-0.39, 0.29) is 24.4 Å². The molecule has 0 aliphatic heterocycles. The number of nitrogens with one attached hydrogen (secondary N) is 1. The van der Waals surface area contributed by atoms with Gasteiger partial charge in [0.15, 0.2) is 0 Å². The maximum Gasteiger partial charge on any atom is 0.240 e. The van der Waals surface area contributed by atoms with E-state index >= 15 is 0 Å². The van der Waals surface area contributed by atoms with Crippen LogP contribution in [0.5, 0.6) is 0 Å². The molecule has 1 N–H and O–H groups in total. The summed E-state index contributed by atoms with van der Waals surface area (Å²) in [6, 6.07) is 5.48. The van der Waals surface area contributed by atoms with Crippen LogP contribution in [0.4, 0.5) is 5.69 Å². The zero-order valence-electron chi connectivity index (χ0n) is 14.2. The predicted octanol–water partition coefficient (Wildman–Crippen LogP) is 2.23. The van der Waals surface area contributed by atoms with Crippen molar-refractivity contribution in [2.24, 2.45) is 5.92 Å². The molecule has 0 aromatic heterocycles. The summed E-state index contributed by atoms with van der Waals surface area (Å²) < 4.78 is 25.3. The van der Waals surface area contributed by atoms with E-state index in [1.54, 1.807) is 6.07 Å². The Labute approximate surface area is 133 Å². The molecular weight excluding hydrogens is 300 g/mol. The standard InChI is InChI=1S/C16H26N2O3S/c1-11(2)14(5)17-16(19)10-18(22(6,20)21)15-8-7-12(3)9-13(15)4/h7-9,11,14H,10H2,1-6H3,(H,17,19). The molecule has 0 heterocycles. The Morgan fingerprint density at radius 2 is 1.82 bits per heavy atom. The molecule has 0 aliphatic carbocycles. The van der Waals surface area contributed by atoms with Crippen LogP contribution in [0.2, 0.25) is 0 Å². The van der Waals surface area contributed by atoms with Crippen LogP contribution in [0.1, 0.15) is 31.9 Å². The average Bonchev–Trinajstić information content (AvgIpc) is 2.35. The first-order valence-corrected chi connectivity index (χ1v) is 9.21. The van der Waals surface area contributed by atoms with E-state index in [9.17, 15) is 13.2 Å². The Kier molecular flexibility index (Phi) is 6.00. The third kappa shape index (κ3) is 5.02. The van der Waals surface area contributed by atoms with Crippen LogP contribution in [0, 0.1) is 19.8 Å². The lowest BCUT2D eigenvalue weighted by Crippen LogP contribution is -2.44. The second-order valence-electron chi connectivity index (χ2n) is 6.16. The van der Waals surface area contributed by atoms with Crippen LogP contribution >= 0.6 is 0 Å². The number of nitrogens with zero attached hydrogens (tertiary/aromatic N) is 1. The Morgan fingerprint density at radius 1 is 1.23 bits per heavy atom. The summed E-state index contributed by atoms with van der Waals surface area (Å²) in [6.45, 7) is 9.49. The van der Waals surface area contributed by atoms with Gasteiger partial charge in [0.1, 0.15) is 6.54 Å². The number of anilines is 1. The molecule has 124 valence electrons. The fraction of sp³-hybridized carbons (Fsp3) is 0.562. The zero-order valence-corrected chi connectivity index (χ0v) is 15.0. The largest absolute Gasteiger partial charge is 0.352 e. The van der Waals surface area contributed by atoms with Gasteiger partial charge in [-0.2, -0.15) is 0 Å². The van der Waals surface area contributed by atoms with E-state index in [0.717, 1.165) is 21.7 Å². The highest BCUT2D eigenvalue weighted by Gasteiger charge is 2.23. The predicted molar refractivity (Wildman–Crippen MR) is 90.5 cm³/mol. The minimum Gasteiger partial charge on any atom is -0.352 e. The number of hydrogen-bond acceptors (Lipinski definition) is 3. The summed E-state index contributed by atoms with van der Waals surface area (Å²) in [5.74, 6) is -0.0108. The first-order valence-electron chi connectivity index (χ1n) is 7.36. The lowest BCUT2D eigenvalue weighted by Gasteiger charge is -2.25. The fourth-order valence-electron chi connectivity index (χ4n) is 2.06. The van der Waals surface area contributed by atoms with Gasteiger partial charge in [-0.05, 0) is 38.3 Å². The van der Waals surface area contributed by atoms with Crippen molar-refractivity contribution in [2.75, 3.05) is 17.1 Å². The van der Waals surface area contributed by atoms with Gasteiger partial charge in [0.2, 0.25) is 15.9 Å². The molecule has 22 heavy (non-hydrogen) atoms. The lowest BCUT2D eigenvalue weighted by molar-refractivity contribution is -0.120. The molecule has 1 unspecified atom stereocenters. The summed E-state index contributed by atoms with van der Waals surface area (Å²) >= 11 is 0. The Balaban J connectivity index is 3.03. The van der Waals surface area contributed by atoms with Crippen molar-refractivity contribution in [1.82, 2.24) is 5.32 Å². The number of carbonyl (C=O) groups is 1. The van der Waals surface area contributed by atoms with Gasteiger partial charge in [0, 0.05) is 6.04 Å². The first kappa shape index (κ1) is 18.5. The number of amides is 1. The van der Waals surface area contributed by atoms with Crippen molar-refractivity contribution in [2.45, 2.75) is 40.7 Å². The topological polar surface area (TPSA) is 66.5 Å². The lowest BCUT2D eigenvalue weighted by atomic mass is 10.1. The Morgan fingerprint density at radius 3 is 2.27 bits per heavy atom. The van der Waals surface area contributed by atoms with Crippen LogP contribution in [0.25, 0.3) is 0 Å². The van der Waals surface area contributed by atoms with E-state index < -0.39 is 10.0 Å². The molecule has 0 radical (unpaired) electrons. The second-order valence-corrected chi connectivity index (χ2v) is 8.07. The van der Waals surface area contributed by atoms with Crippen LogP contribution in [0.3, 0.4) is 0 Å². The highest BCUT2D eigenvalue weighted by Crippen LogP contribution is 2.23. The molecular formula is C16H26N2O3S. The molecule has 0 aliphatic rings. The normalized spacial score (nSPS) is 13.0. The molecule has 0 bridgehead atoms. The van der Waals surface area contributed by atoms with E-state index in [0.29, 0.717) is 5.69 Å². The molecule has 1 aromatic carbocycles. The van der Waals surface area contributed by atoms with Gasteiger partial charge in [-0.15, -0.1) is 0 Å². The van der Waals surface area contributed by atoms with Crippen molar-refractivity contribution >= 4 is 21.6 Å². The molecule has 6 heteroatoms. The smallest absolute Gasteiger partial charge is 0.240 e. The zero-order chi connectivity index (χ0) is 17.1. The van der Waals surface area contributed by atoms with Gasteiger partial charge in [-0.25, -0.2) is 8.42 Å². The third-order valence-corrected chi connectivity index (χ3v) is 4.82. The van der Waals surface area contributed by atoms with Crippen molar-refractivity contribution in [3.05, 3.63) is 29.3 Å². The van der Waals surface area contributed by atoms with Gasteiger partial charge in [-0.1, -0.05) is 31.5 Å². The highest BCUT2D eigenvalue weighted by molar-refractivity contribution is 7.92. The molecule has 5 nitrogen and oxygen atoms in total. The van der Waals surface area contributed by atoms with E-state index in [2.05, 4.69) is 5.32 Å². The minimum absolute atomic E-state index is 0.00646. The molecule has 1 aromatic rings. The van der Waals surface area contributed by atoms with Gasteiger partial charge in [0.05, 0.1) is 11.9 Å². The second kappa shape index (κ2) is 7.13. The van der Waals surface area contributed by atoms with Gasteiger partial charge >= 0.3 is 0 Å². The molecule has 0 saturated carbocycles. The molecule has 1 rings (SSSR count). The number of sulfonamides is 1. The third-order valence-electron chi connectivity index (χ3n) is 3.70. The Bertz CT molecular complexity index is 639. The van der Waals surface area contributed by atoms with Crippen LogP contribution < -0.4 is 9.62 Å². The van der Waals surface area contributed by atoms with Crippen LogP contribution in [-0.2, 0) is 14.8 Å². The fourth-order valence-corrected chi connectivity index (χ4v) is 2.98. The number of hydrogen-bond donors (Lipinski definition) is 1. The molecule has 0 fully saturated rings. The Hall–Kier alpha value is -1.56. The van der Waals surface area contributed by atoms with Crippen molar-refractivity contribution in [1.29, 1.82) is 0 Å². The molecule has 0 saturated heterocycles. The summed E-state index contributed by atoms with van der Waals surface area (Å²) in [5.41, 5.74) is 2.42. The maximum atomic E-state index is 12.1. The van der Waals surface area contributed by atoms with E-state index in [1.165, 1.54) is 0 Å². The van der Waals surface area contributed by atoms with Crippen molar-refractivity contribution in [3.8, 4) is 0 Å². The van der Waals surface area contributed by atoms with Crippen molar-refractivity contribution < 1.29 is 13.2 Å². The van der Waals surface area contributed by atoms with Gasteiger partial charge in [0.25, 0.3) is 0 Å². The van der Waals surface area contributed by atoms with Crippen molar-refractivity contribution in [3.63, 3.8) is 0 Å². The SMILES string of the molecule is Cc1ccc(N(CC(=O)NC(C)C(C)C)S(C)(=O)=O)c(C)c1. The molecule has 1 atom stereocenters.